The molecule has 134 valence electrons. The molecule has 0 bridgehead atoms. The molecule has 6 heteroatoms. The van der Waals surface area contributed by atoms with E-state index in [1.54, 1.807) is 30.3 Å². The summed E-state index contributed by atoms with van der Waals surface area (Å²) in [6.07, 6.45) is 0.350. The fourth-order valence-corrected chi connectivity index (χ4v) is 2.65. The second-order valence-electron chi connectivity index (χ2n) is 6.17. The van der Waals surface area contributed by atoms with Crippen LogP contribution in [-0.2, 0) is 6.42 Å². The lowest BCUT2D eigenvalue weighted by atomic mass is 10.1. The highest BCUT2D eigenvalue weighted by molar-refractivity contribution is 6.04. The van der Waals surface area contributed by atoms with Crippen LogP contribution in [0.5, 0.6) is 0 Å². The predicted octanol–water partition coefficient (Wildman–Crippen LogP) is 4.16. The van der Waals surface area contributed by atoms with Crippen molar-refractivity contribution in [1.82, 2.24) is 9.97 Å². The SMILES string of the molecule is Cc1cc(C)nc(Nc2cccc(C(=O)Nc3ccc(CC#N)cc3)c2)n1. The van der Waals surface area contributed by atoms with Crippen molar-refractivity contribution >= 4 is 23.2 Å². The van der Waals surface area contributed by atoms with Gasteiger partial charge in [-0.2, -0.15) is 5.26 Å². The van der Waals surface area contributed by atoms with Crippen LogP contribution in [0.25, 0.3) is 0 Å². The van der Waals surface area contributed by atoms with E-state index in [1.807, 2.05) is 38.1 Å². The molecule has 0 spiro atoms. The molecule has 6 nitrogen and oxygen atoms in total. The first-order valence-corrected chi connectivity index (χ1v) is 8.50. The lowest BCUT2D eigenvalue weighted by molar-refractivity contribution is 0.102. The number of carbonyl (C=O) groups is 1. The number of rotatable bonds is 5. The number of carbonyl (C=O) groups excluding carboxylic acids is 1. The average Bonchev–Trinajstić information content (AvgIpc) is 2.63. The molecule has 0 fully saturated rings. The number of benzene rings is 2. The predicted molar refractivity (Wildman–Crippen MR) is 105 cm³/mol. The number of aryl methyl sites for hydroxylation is 2. The fourth-order valence-electron chi connectivity index (χ4n) is 2.65. The first-order valence-electron chi connectivity index (χ1n) is 8.50. The summed E-state index contributed by atoms with van der Waals surface area (Å²) >= 11 is 0. The number of hydrogen-bond acceptors (Lipinski definition) is 5. The van der Waals surface area contributed by atoms with Gasteiger partial charge in [-0.15, -0.1) is 0 Å². The quantitative estimate of drug-likeness (QED) is 0.715. The lowest BCUT2D eigenvalue weighted by Gasteiger charge is -2.09. The van der Waals surface area contributed by atoms with Gasteiger partial charge in [0.2, 0.25) is 5.95 Å². The van der Waals surface area contributed by atoms with Gasteiger partial charge in [-0.25, -0.2) is 9.97 Å². The monoisotopic (exact) mass is 357 g/mol. The van der Waals surface area contributed by atoms with Crippen molar-refractivity contribution in [3.8, 4) is 6.07 Å². The van der Waals surface area contributed by atoms with E-state index in [-0.39, 0.29) is 5.91 Å². The summed E-state index contributed by atoms with van der Waals surface area (Å²) in [5, 5.41) is 14.7. The van der Waals surface area contributed by atoms with Crippen molar-refractivity contribution in [3.63, 3.8) is 0 Å². The Bertz CT molecular complexity index is 986. The minimum atomic E-state index is -0.215. The van der Waals surface area contributed by atoms with Crippen molar-refractivity contribution in [2.75, 3.05) is 10.6 Å². The molecular formula is C21H19N5O. The molecule has 0 unspecified atom stereocenters. The smallest absolute Gasteiger partial charge is 0.255 e. The summed E-state index contributed by atoms with van der Waals surface area (Å²) in [5.74, 6) is 0.283. The number of nitriles is 1. The number of anilines is 3. The Labute approximate surface area is 157 Å². The second-order valence-corrected chi connectivity index (χ2v) is 6.17. The van der Waals surface area contributed by atoms with Gasteiger partial charge in [0.05, 0.1) is 12.5 Å². The molecule has 3 aromatic rings. The van der Waals surface area contributed by atoms with E-state index in [2.05, 4.69) is 26.7 Å². The van der Waals surface area contributed by atoms with E-state index in [0.29, 0.717) is 23.6 Å². The number of aromatic nitrogens is 2. The van der Waals surface area contributed by atoms with Gasteiger partial charge in [-0.3, -0.25) is 4.79 Å². The summed E-state index contributed by atoms with van der Waals surface area (Å²) in [4.78, 5) is 21.2. The van der Waals surface area contributed by atoms with Crippen LogP contribution in [-0.4, -0.2) is 15.9 Å². The molecule has 1 amide bonds. The van der Waals surface area contributed by atoms with Gasteiger partial charge in [-0.1, -0.05) is 18.2 Å². The summed E-state index contributed by atoms with van der Waals surface area (Å²) in [6.45, 7) is 3.82. The minimum absolute atomic E-state index is 0.215. The zero-order chi connectivity index (χ0) is 19.2. The van der Waals surface area contributed by atoms with Gasteiger partial charge in [0.15, 0.2) is 0 Å². The summed E-state index contributed by atoms with van der Waals surface area (Å²) in [7, 11) is 0. The molecule has 0 radical (unpaired) electrons. The molecule has 1 aromatic heterocycles. The maximum Gasteiger partial charge on any atom is 0.255 e. The highest BCUT2D eigenvalue weighted by Gasteiger charge is 2.08. The van der Waals surface area contributed by atoms with Crippen molar-refractivity contribution in [3.05, 3.63) is 77.1 Å². The van der Waals surface area contributed by atoms with E-state index < -0.39 is 0 Å². The van der Waals surface area contributed by atoms with Gasteiger partial charge in [0.25, 0.3) is 5.91 Å². The molecule has 0 saturated carbocycles. The molecule has 0 saturated heterocycles. The average molecular weight is 357 g/mol. The Kier molecular flexibility index (Phi) is 5.43. The third kappa shape index (κ3) is 4.89. The maximum atomic E-state index is 12.5. The van der Waals surface area contributed by atoms with E-state index in [9.17, 15) is 4.79 Å². The number of amides is 1. The summed E-state index contributed by atoms with van der Waals surface area (Å²) in [6, 6.07) is 18.4. The molecule has 2 aromatic carbocycles. The molecule has 0 aliphatic rings. The number of nitrogens with zero attached hydrogens (tertiary/aromatic N) is 3. The molecule has 0 atom stereocenters. The van der Waals surface area contributed by atoms with Crippen LogP contribution in [0.4, 0.5) is 17.3 Å². The third-order valence-electron chi connectivity index (χ3n) is 3.86. The largest absolute Gasteiger partial charge is 0.324 e. The first-order chi connectivity index (χ1) is 13.0. The van der Waals surface area contributed by atoms with Crippen LogP contribution in [0.15, 0.2) is 54.6 Å². The van der Waals surface area contributed by atoms with E-state index in [4.69, 9.17) is 5.26 Å². The van der Waals surface area contributed by atoms with Gasteiger partial charge >= 0.3 is 0 Å². The van der Waals surface area contributed by atoms with Gasteiger partial charge in [0.1, 0.15) is 0 Å². The van der Waals surface area contributed by atoms with Gasteiger partial charge < -0.3 is 10.6 Å². The maximum absolute atomic E-state index is 12.5. The molecule has 2 N–H and O–H groups in total. The van der Waals surface area contributed by atoms with E-state index in [0.717, 1.165) is 22.6 Å². The van der Waals surface area contributed by atoms with Crippen molar-refractivity contribution in [2.45, 2.75) is 20.3 Å². The van der Waals surface area contributed by atoms with Crippen LogP contribution >= 0.6 is 0 Å². The normalized spacial score (nSPS) is 10.1. The van der Waals surface area contributed by atoms with E-state index >= 15 is 0 Å². The van der Waals surface area contributed by atoms with Crippen LogP contribution in [0.2, 0.25) is 0 Å². The van der Waals surface area contributed by atoms with E-state index in [1.165, 1.54) is 0 Å². The van der Waals surface area contributed by atoms with Crippen LogP contribution in [0.3, 0.4) is 0 Å². The van der Waals surface area contributed by atoms with Crippen LogP contribution in [0, 0.1) is 25.2 Å². The molecule has 0 aliphatic heterocycles. The Morgan fingerprint density at radius 1 is 1.00 bits per heavy atom. The molecule has 0 aliphatic carbocycles. The van der Waals surface area contributed by atoms with Crippen molar-refractivity contribution in [1.29, 1.82) is 5.26 Å². The van der Waals surface area contributed by atoms with Crippen molar-refractivity contribution in [2.24, 2.45) is 0 Å². The molecule has 1 heterocycles. The van der Waals surface area contributed by atoms with Crippen LogP contribution in [0.1, 0.15) is 27.3 Å². The fraction of sp³-hybridized carbons (Fsp3) is 0.143. The van der Waals surface area contributed by atoms with Crippen molar-refractivity contribution < 1.29 is 4.79 Å². The minimum Gasteiger partial charge on any atom is -0.324 e. The highest BCUT2D eigenvalue weighted by atomic mass is 16.1. The third-order valence-corrected chi connectivity index (χ3v) is 3.86. The topological polar surface area (TPSA) is 90.7 Å². The standard InChI is InChI=1S/C21H19N5O/c1-14-12-15(2)24-21(23-14)26-19-5-3-4-17(13-19)20(27)25-18-8-6-16(7-9-18)10-11-22/h3-9,12-13H,10H2,1-2H3,(H,25,27)(H,23,24,26). The Hall–Kier alpha value is -3.72. The molecule has 27 heavy (non-hydrogen) atoms. The second kappa shape index (κ2) is 8.11. The number of hydrogen-bond donors (Lipinski definition) is 2. The Balaban J connectivity index is 1.72. The summed E-state index contributed by atoms with van der Waals surface area (Å²) in [5.41, 5.74) is 4.59. The van der Waals surface area contributed by atoms with Gasteiger partial charge in [-0.05, 0) is 55.8 Å². The molecular weight excluding hydrogens is 338 g/mol. The van der Waals surface area contributed by atoms with Crippen LogP contribution < -0.4 is 10.6 Å². The van der Waals surface area contributed by atoms with Gasteiger partial charge in [0, 0.05) is 28.3 Å². The zero-order valence-electron chi connectivity index (χ0n) is 15.2. The Morgan fingerprint density at radius 2 is 1.70 bits per heavy atom. The molecule has 3 rings (SSSR count). The highest BCUT2D eigenvalue weighted by Crippen LogP contribution is 2.17. The first kappa shape index (κ1) is 18.1. The summed E-state index contributed by atoms with van der Waals surface area (Å²) < 4.78 is 0. The number of nitrogens with one attached hydrogen (secondary N) is 2. The zero-order valence-corrected chi connectivity index (χ0v) is 15.2. The Morgan fingerprint density at radius 3 is 2.37 bits per heavy atom. The lowest BCUT2D eigenvalue weighted by Crippen LogP contribution is -2.12.